The van der Waals surface area contributed by atoms with Crippen LogP contribution in [0.4, 0.5) is 0 Å². The van der Waals surface area contributed by atoms with E-state index in [1.54, 1.807) is 0 Å². The van der Waals surface area contributed by atoms with E-state index in [1.165, 1.54) is 0 Å². The third-order valence-corrected chi connectivity index (χ3v) is 3.53. The molecule has 1 heterocycles. The number of benzene rings is 1. The normalized spacial score (nSPS) is 18.3. The molecule has 1 aliphatic heterocycles. The lowest BCUT2D eigenvalue weighted by atomic mass is 10.2. The molecule has 1 saturated heterocycles. The monoisotopic (exact) mass is 326 g/mol. The molecule has 0 aromatic heterocycles. The summed E-state index contributed by atoms with van der Waals surface area (Å²) >= 11 is 3.39. The third kappa shape index (κ3) is 5.20. The predicted molar refractivity (Wildman–Crippen MR) is 78.3 cm³/mol. The first-order valence-corrected chi connectivity index (χ1v) is 7.42. The summed E-state index contributed by atoms with van der Waals surface area (Å²) in [5, 5.41) is 6.25. The van der Waals surface area contributed by atoms with Crippen LogP contribution in [-0.2, 0) is 4.79 Å². The highest BCUT2D eigenvalue weighted by atomic mass is 79.9. The minimum atomic E-state index is 0.117. The highest BCUT2D eigenvalue weighted by Gasteiger charge is 2.15. The Labute approximate surface area is 122 Å². The van der Waals surface area contributed by atoms with Crippen molar-refractivity contribution in [2.75, 3.05) is 19.7 Å². The molecule has 0 aliphatic carbocycles. The number of ether oxygens (including phenoxy) is 1. The maximum Gasteiger partial charge on any atom is 0.220 e. The van der Waals surface area contributed by atoms with Gasteiger partial charge in [0, 0.05) is 23.5 Å². The smallest absolute Gasteiger partial charge is 0.220 e. The summed E-state index contributed by atoms with van der Waals surface area (Å²) < 4.78 is 6.58. The van der Waals surface area contributed by atoms with Gasteiger partial charge in [0.05, 0.1) is 6.61 Å². The third-order valence-electron chi connectivity index (χ3n) is 3.04. The average molecular weight is 327 g/mol. The van der Waals surface area contributed by atoms with Gasteiger partial charge in [-0.2, -0.15) is 0 Å². The molecule has 0 bridgehead atoms. The molecule has 2 N–H and O–H groups in total. The molecule has 1 atom stereocenters. The van der Waals surface area contributed by atoms with Gasteiger partial charge in [0.25, 0.3) is 0 Å². The number of amides is 1. The molecule has 2 rings (SSSR count). The van der Waals surface area contributed by atoms with Crippen LogP contribution in [0.3, 0.4) is 0 Å². The van der Waals surface area contributed by atoms with Crippen LogP contribution < -0.4 is 15.4 Å². The Morgan fingerprint density at radius 2 is 2.42 bits per heavy atom. The van der Waals surface area contributed by atoms with E-state index >= 15 is 0 Å². The maximum absolute atomic E-state index is 11.7. The van der Waals surface area contributed by atoms with E-state index in [1.807, 2.05) is 24.3 Å². The zero-order valence-corrected chi connectivity index (χ0v) is 12.4. The summed E-state index contributed by atoms with van der Waals surface area (Å²) in [5.41, 5.74) is 0. The van der Waals surface area contributed by atoms with Gasteiger partial charge in [-0.15, -0.1) is 0 Å². The molecule has 1 aromatic rings. The number of hydrogen-bond donors (Lipinski definition) is 2. The first-order chi connectivity index (χ1) is 9.24. The van der Waals surface area contributed by atoms with Crippen molar-refractivity contribution in [3.05, 3.63) is 28.7 Å². The summed E-state index contributed by atoms with van der Waals surface area (Å²) in [6.07, 6.45) is 2.28. The van der Waals surface area contributed by atoms with Crippen molar-refractivity contribution in [2.24, 2.45) is 0 Å². The van der Waals surface area contributed by atoms with Gasteiger partial charge in [-0.3, -0.25) is 4.79 Å². The van der Waals surface area contributed by atoms with Gasteiger partial charge in [-0.1, -0.05) is 22.0 Å². The summed E-state index contributed by atoms with van der Waals surface area (Å²) in [6.45, 7) is 2.45. The van der Waals surface area contributed by atoms with Gasteiger partial charge in [-0.25, -0.2) is 0 Å². The fraction of sp³-hybridized carbons (Fsp3) is 0.500. The molecule has 4 nitrogen and oxygen atoms in total. The fourth-order valence-corrected chi connectivity index (χ4v) is 2.44. The van der Waals surface area contributed by atoms with E-state index in [0.29, 0.717) is 19.1 Å². The molecule has 1 unspecified atom stereocenters. The molecular formula is C14H19BrN2O2. The number of carbonyl (C=O) groups excluding carboxylic acids is 1. The molecular weight excluding hydrogens is 308 g/mol. The van der Waals surface area contributed by atoms with Crippen molar-refractivity contribution < 1.29 is 9.53 Å². The van der Waals surface area contributed by atoms with Crippen LogP contribution in [0.5, 0.6) is 5.75 Å². The topological polar surface area (TPSA) is 50.4 Å². The number of rotatable bonds is 6. The Balaban J connectivity index is 1.59. The Bertz CT molecular complexity index is 420. The van der Waals surface area contributed by atoms with Gasteiger partial charge in [0.2, 0.25) is 5.91 Å². The molecule has 104 valence electrons. The molecule has 1 aromatic carbocycles. The first kappa shape index (κ1) is 14.3. The standard InChI is InChI=1S/C14H19BrN2O2/c15-11-3-1-4-13(9-11)19-8-2-5-14(18)17-12-6-7-16-10-12/h1,3-4,9,12,16H,2,5-8,10H2,(H,17,18). The minimum absolute atomic E-state index is 0.117. The number of hydrogen-bond acceptors (Lipinski definition) is 3. The molecule has 0 radical (unpaired) electrons. The lowest BCUT2D eigenvalue weighted by Gasteiger charge is -2.11. The molecule has 0 spiro atoms. The number of nitrogens with one attached hydrogen (secondary N) is 2. The van der Waals surface area contributed by atoms with Crippen LogP contribution in [0, 0.1) is 0 Å². The first-order valence-electron chi connectivity index (χ1n) is 6.62. The van der Waals surface area contributed by atoms with Crippen molar-refractivity contribution >= 4 is 21.8 Å². The molecule has 1 amide bonds. The Morgan fingerprint density at radius 3 is 3.16 bits per heavy atom. The minimum Gasteiger partial charge on any atom is -0.494 e. The second kappa shape index (κ2) is 7.50. The second-order valence-corrected chi connectivity index (χ2v) is 5.58. The summed E-state index contributed by atoms with van der Waals surface area (Å²) in [6, 6.07) is 8.02. The van der Waals surface area contributed by atoms with Crippen LogP contribution in [0.25, 0.3) is 0 Å². The number of halogens is 1. The zero-order chi connectivity index (χ0) is 13.5. The van der Waals surface area contributed by atoms with Crippen LogP contribution in [0.1, 0.15) is 19.3 Å². The van der Waals surface area contributed by atoms with E-state index in [9.17, 15) is 4.79 Å². The lowest BCUT2D eigenvalue weighted by Crippen LogP contribution is -2.36. The summed E-state index contributed by atoms with van der Waals surface area (Å²) in [4.78, 5) is 11.7. The van der Waals surface area contributed by atoms with E-state index in [4.69, 9.17) is 4.74 Å². The molecule has 5 heteroatoms. The molecule has 1 aliphatic rings. The highest BCUT2D eigenvalue weighted by Crippen LogP contribution is 2.17. The number of carbonyl (C=O) groups is 1. The van der Waals surface area contributed by atoms with E-state index in [2.05, 4.69) is 26.6 Å². The Morgan fingerprint density at radius 1 is 1.53 bits per heavy atom. The molecule has 0 saturated carbocycles. The Hall–Kier alpha value is -1.07. The maximum atomic E-state index is 11.7. The van der Waals surface area contributed by atoms with E-state index in [-0.39, 0.29) is 5.91 Å². The van der Waals surface area contributed by atoms with Crippen LogP contribution in [0.2, 0.25) is 0 Å². The van der Waals surface area contributed by atoms with E-state index < -0.39 is 0 Å². The van der Waals surface area contributed by atoms with Gasteiger partial charge < -0.3 is 15.4 Å². The van der Waals surface area contributed by atoms with E-state index in [0.717, 1.165) is 36.2 Å². The van der Waals surface area contributed by atoms with Crippen LogP contribution in [0.15, 0.2) is 28.7 Å². The fourth-order valence-electron chi connectivity index (χ4n) is 2.06. The SMILES string of the molecule is O=C(CCCOc1cccc(Br)c1)NC1CCNC1. The predicted octanol–water partition coefficient (Wildman–Crippen LogP) is 2.09. The second-order valence-electron chi connectivity index (χ2n) is 4.67. The quantitative estimate of drug-likeness (QED) is 0.787. The summed E-state index contributed by atoms with van der Waals surface area (Å²) in [7, 11) is 0. The van der Waals surface area contributed by atoms with Crippen molar-refractivity contribution in [3.8, 4) is 5.75 Å². The van der Waals surface area contributed by atoms with Gasteiger partial charge in [0.15, 0.2) is 0 Å². The zero-order valence-electron chi connectivity index (χ0n) is 10.8. The van der Waals surface area contributed by atoms with Crippen molar-refractivity contribution in [1.29, 1.82) is 0 Å². The van der Waals surface area contributed by atoms with Crippen molar-refractivity contribution in [1.82, 2.24) is 10.6 Å². The lowest BCUT2D eigenvalue weighted by molar-refractivity contribution is -0.121. The van der Waals surface area contributed by atoms with Crippen molar-refractivity contribution in [3.63, 3.8) is 0 Å². The average Bonchev–Trinajstić information content (AvgIpc) is 2.87. The largest absolute Gasteiger partial charge is 0.494 e. The molecule has 19 heavy (non-hydrogen) atoms. The molecule has 1 fully saturated rings. The summed E-state index contributed by atoms with van der Waals surface area (Å²) in [5.74, 6) is 0.946. The Kier molecular flexibility index (Phi) is 5.66. The van der Waals surface area contributed by atoms with Gasteiger partial charge in [-0.05, 0) is 37.6 Å². The van der Waals surface area contributed by atoms with Crippen LogP contribution in [-0.4, -0.2) is 31.6 Å². The van der Waals surface area contributed by atoms with Crippen molar-refractivity contribution in [2.45, 2.75) is 25.3 Å². The van der Waals surface area contributed by atoms with Gasteiger partial charge >= 0.3 is 0 Å². The highest BCUT2D eigenvalue weighted by molar-refractivity contribution is 9.10. The van der Waals surface area contributed by atoms with Gasteiger partial charge in [0.1, 0.15) is 5.75 Å². The van der Waals surface area contributed by atoms with Crippen LogP contribution >= 0.6 is 15.9 Å².